The summed E-state index contributed by atoms with van der Waals surface area (Å²) < 4.78 is 1.13. The Labute approximate surface area is 151 Å². The number of anilines is 1. The molecule has 0 spiro atoms. The number of thiazole rings is 1. The number of nitrogens with zero attached hydrogens (tertiary/aromatic N) is 3. The molecule has 0 saturated heterocycles. The van der Waals surface area contributed by atoms with Gasteiger partial charge in [-0.15, -0.1) is 0 Å². The molecule has 0 unspecified atom stereocenters. The molecular weight excluding hydrogens is 330 g/mol. The van der Waals surface area contributed by atoms with Gasteiger partial charge in [-0.1, -0.05) is 29.9 Å². The number of aromatic nitrogens is 2. The number of benzene rings is 1. The normalized spacial score (nSPS) is 14.5. The molecule has 2 aromatic heterocycles. The molecule has 0 bridgehead atoms. The van der Waals surface area contributed by atoms with E-state index in [2.05, 4.69) is 31.0 Å². The molecule has 4 rings (SSSR count). The zero-order valence-corrected chi connectivity index (χ0v) is 15.3. The molecule has 1 amide bonds. The zero-order chi connectivity index (χ0) is 17.4. The van der Waals surface area contributed by atoms with Gasteiger partial charge in [0.2, 0.25) is 5.91 Å². The third kappa shape index (κ3) is 3.04. The highest BCUT2D eigenvalue weighted by atomic mass is 32.1. The van der Waals surface area contributed by atoms with E-state index in [1.54, 1.807) is 17.5 Å². The molecule has 1 aliphatic rings. The molecular formula is C20H21N3OS. The second-order valence-corrected chi connectivity index (χ2v) is 7.77. The molecule has 3 aromatic rings. The van der Waals surface area contributed by atoms with Crippen molar-refractivity contribution in [3.05, 3.63) is 53.3 Å². The Bertz CT molecular complexity index is 915. The third-order valence-corrected chi connectivity index (χ3v) is 6.13. The van der Waals surface area contributed by atoms with Crippen LogP contribution in [0.4, 0.5) is 5.13 Å². The predicted octanol–water partition coefficient (Wildman–Crippen LogP) is 4.64. The summed E-state index contributed by atoms with van der Waals surface area (Å²) in [7, 11) is 0. The first-order valence-corrected chi connectivity index (χ1v) is 9.52. The molecule has 1 fully saturated rings. The molecule has 1 aromatic carbocycles. The van der Waals surface area contributed by atoms with Gasteiger partial charge in [0.05, 0.1) is 16.8 Å². The predicted molar refractivity (Wildman–Crippen MR) is 102 cm³/mol. The lowest BCUT2D eigenvalue weighted by atomic mass is 9.84. The highest BCUT2D eigenvalue weighted by molar-refractivity contribution is 7.22. The van der Waals surface area contributed by atoms with Crippen LogP contribution in [0.25, 0.3) is 10.2 Å². The number of aryl methyl sites for hydroxylation is 2. The number of carbonyl (C=O) groups excluding carboxylic acids is 1. The lowest BCUT2D eigenvalue weighted by Crippen LogP contribution is -2.38. The van der Waals surface area contributed by atoms with Crippen molar-refractivity contribution in [2.45, 2.75) is 39.7 Å². The van der Waals surface area contributed by atoms with Crippen LogP contribution in [0, 0.1) is 19.8 Å². The minimum atomic E-state index is 0.145. The van der Waals surface area contributed by atoms with Gasteiger partial charge in [0.25, 0.3) is 0 Å². The fourth-order valence-corrected chi connectivity index (χ4v) is 4.15. The highest BCUT2D eigenvalue weighted by Crippen LogP contribution is 2.36. The number of carbonyl (C=O) groups is 1. The fourth-order valence-electron chi connectivity index (χ4n) is 3.12. The van der Waals surface area contributed by atoms with Crippen molar-refractivity contribution in [2.75, 3.05) is 4.90 Å². The zero-order valence-electron chi connectivity index (χ0n) is 14.5. The summed E-state index contributed by atoms with van der Waals surface area (Å²) in [5.74, 6) is 0.343. The summed E-state index contributed by atoms with van der Waals surface area (Å²) >= 11 is 1.60. The number of rotatable bonds is 4. The van der Waals surface area contributed by atoms with E-state index in [4.69, 9.17) is 4.98 Å². The van der Waals surface area contributed by atoms with Crippen LogP contribution in [-0.2, 0) is 11.3 Å². The van der Waals surface area contributed by atoms with Crippen LogP contribution in [0.2, 0.25) is 0 Å². The van der Waals surface area contributed by atoms with Gasteiger partial charge in [0.1, 0.15) is 0 Å². The van der Waals surface area contributed by atoms with Crippen molar-refractivity contribution in [3.63, 3.8) is 0 Å². The third-order valence-electron chi connectivity index (χ3n) is 5.09. The molecule has 0 N–H and O–H groups in total. The van der Waals surface area contributed by atoms with Crippen molar-refractivity contribution >= 4 is 32.6 Å². The van der Waals surface area contributed by atoms with Gasteiger partial charge in [0.15, 0.2) is 5.13 Å². The standard InChI is InChI=1S/C20H21N3OS/c1-13-8-9-17-18(14(13)2)22-20(25-17)23(19(24)16-6-3-7-16)12-15-5-4-10-21-11-15/h4-5,8-11,16H,3,6-7,12H2,1-2H3. The first kappa shape index (κ1) is 16.2. The summed E-state index contributed by atoms with van der Waals surface area (Å²) in [6, 6.07) is 8.15. The van der Waals surface area contributed by atoms with Crippen LogP contribution >= 0.6 is 11.3 Å². The van der Waals surface area contributed by atoms with Crippen molar-refractivity contribution in [1.29, 1.82) is 0 Å². The summed E-state index contributed by atoms with van der Waals surface area (Å²) in [6.45, 7) is 4.72. The Hall–Kier alpha value is -2.27. The lowest BCUT2D eigenvalue weighted by molar-refractivity contribution is -0.124. The van der Waals surface area contributed by atoms with Crippen LogP contribution in [-0.4, -0.2) is 15.9 Å². The molecule has 1 saturated carbocycles. The Kier molecular flexibility index (Phi) is 4.25. The number of hydrogen-bond donors (Lipinski definition) is 0. The molecule has 2 heterocycles. The summed E-state index contributed by atoms with van der Waals surface area (Å²) in [4.78, 5) is 23.9. The van der Waals surface area contributed by atoms with Crippen LogP contribution in [0.5, 0.6) is 0 Å². The van der Waals surface area contributed by atoms with Crippen LogP contribution < -0.4 is 4.90 Å². The Morgan fingerprint density at radius 2 is 2.12 bits per heavy atom. The Balaban J connectivity index is 1.74. The molecule has 0 atom stereocenters. The second kappa shape index (κ2) is 6.56. The number of amides is 1. The van der Waals surface area contributed by atoms with Crippen molar-refractivity contribution < 1.29 is 4.79 Å². The first-order valence-electron chi connectivity index (χ1n) is 8.70. The molecule has 0 aliphatic heterocycles. The molecule has 4 nitrogen and oxygen atoms in total. The molecule has 25 heavy (non-hydrogen) atoms. The first-order chi connectivity index (χ1) is 12.1. The van der Waals surface area contributed by atoms with E-state index in [0.717, 1.165) is 40.2 Å². The van der Waals surface area contributed by atoms with Crippen LogP contribution in [0.3, 0.4) is 0 Å². The molecule has 5 heteroatoms. The summed E-state index contributed by atoms with van der Waals surface area (Å²) in [6.07, 6.45) is 6.71. The van der Waals surface area contributed by atoms with Crippen molar-refractivity contribution in [3.8, 4) is 0 Å². The Morgan fingerprint density at radius 1 is 1.28 bits per heavy atom. The van der Waals surface area contributed by atoms with Crippen molar-refractivity contribution in [1.82, 2.24) is 9.97 Å². The fraction of sp³-hybridized carbons (Fsp3) is 0.350. The molecule has 128 valence electrons. The van der Waals surface area contributed by atoms with Gasteiger partial charge < -0.3 is 0 Å². The van der Waals surface area contributed by atoms with Crippen LogP contribution in [0.1, 0.15) is 36.0 Å². The van der Waals surface area contributed by atoms with E-state index in [1.807, 2.05) is 23.2 Å². The minimum absolute atomic E-state index is 0.145. The van der Waals surface area contributed by atoms with E-state index < -0.39 is 0 Å². The topological polar surface area (TPSA) is 46.1 Å². The maximum absolute atomic E-state index is 13.0. The molecule has 0 radical (unpaired) electrons. The SMILES string of the molecule is Cc1ccc2sc(N(Cc3cccnc3)C(=O)C3CCC3)nc2c1C. The lowest BCUT2D eigenvalue weighted by Gasteiger charge is -2.30. The Morgan fingerprint density at radius 3 is 2.80 bits per heavy atom. The van der Waals surface area contributed by atoms with E-state index in [9.17, 15) is 4.79 Å². The van der Waals surface area contributed by atoms with E-state index >= 15 is 0 Å². The average molecular weight is 351 g/mol. The molecule has 1 aliphatic carbocycles. The highest BCUT2D eigenvalue weighted by Gasteiger charge is 2.31. The largest absolute Gasteiger partial charge is 0.283 e. The van der Waals surface area contributed by atoms with Gasteiger partial charge >= 0.3 is 0 Å². The van der Waals surface area contributed by atoms with Crippen molar-refractivity contribution in [2.24, 2.45) is 5.92 Å². The van der Waals surface area contributed by atoms with Gasteiger partial charge in [-0.25, -0.2) is 4.98 Å². The number of hydrogen-bond acceptors (Lipinski definition) is 4. The van der Waals surface area contributed by atoms with Gasteiger partial charge in [-0.05, 0) is 55.5 Å². The summed E-state index contributed by atoms with van der Waals surface area (Å²) in [5, 5.41) is 0.796. The van der Waals surface area contributed by atoms with Gasteiger partial charge in [-0.3, -0.25) is 14.7 Å². The average Bonchev–Trinajstić information content (AvgIpc) is 3.00. The quantitative estimate of drug-likeness (QED) is 0.688. The van der Waals surface area contributed by atoms with Gasteiger partial charge in [0, 0.05) is 18.3 Å². The van der Waals surface area contributed by atoms with Crippen LogP contribution in [0.15, 0.2) is 36.7 Å². The minimum Gasteiger partial charge on any atom is -0.283 e. The van der Waals surface area contributed by atoms with E-state index in [0.29, 0.717) is 6.54 Å². The van der Waals surface area contributed by atoms with E-state index in [-0.39, 0.29) is 11.8 Å². The van der Waals surface area contributed by atoms with Gasteiger partial charge in [-0.2, -0.15) is 0 Å². The maximum Gasteiger partial charge on any atom is 0.232 e. The number of fused-ring (bicyclic) bond motifs is 1. The van der Waals surface area contributed by atoms with E-state index in [1.165, 1.54) is 11.1 Å². The summed E-state index contributed by atoms with van der Waals surface area (Å²) in [5.41, 5.74) is 4.46. The smallest absolute Gasteiger partial charge is 0.232 e. The maximum atomic E-state index is 13.0. The monoisotopic (exact) mass is 351 g/mol. The number of pyridine rings is 1. The second-order valence-electron chi connectivity index (χ2n) is 6.76.